The van der Waals surface area contributed by atoms with Gasteiger partial charge in [0.2, 0.25) is 0 Å². The Morgan fingerprint density at radius 1 is 1.11 bits per heavy atom. The van der Waals surface area contributed by atoms with E-state index in [4.69, 9.17) is 5.11 Å². The maximum absolute atomic E-state index is 10.3. The summed E-state index contributed by atoms with van der Waals surface area (Å²) in [6, 6.07) is 0. The van der Waals surface area contributed by atoms with E-state index >= 15 is 0 Å². The van der Waals surface area contributed by atoms with E-state index in [1.165, 1.54) is 25.7 Å². The molecule has 0 radical (unpaired) electrons. The molecule has 0 aromatic carbocycles. The SMILES string of the molecule is CCCCCCC=CCC(O)CC(O)CC(=O)O. The topological polar surface area (TPSA) is 77.8 Å². The van der Waals surface area contributed by atoms with Crippen LogP contribution in [0, 0.1) is 0 Å². The van der Waals surface area contributed by atoms with E-state index in [2.05, 4.69) is 6.92 Å². The summed E-state index contributed by atoms with van der Waals surface area (Å²) in [7, 11) is 0. The van der Waals surface area contributed by atoms with Gasteiger partial charge in [0.25, 0.3) is 0 Å². The van der Waals surface area contributed by atoms with Crippen molar-refractivity contribution in [3.05, 3.63) is 12.2 Å². The average molecular weight is 258 g/mol. The fraction of sp³-hybridized carbons (Fsp3) is 0.786. The molecule has 2 unspecified atom stereocenters. The summed E-state index contributed by atoms with van der Waals surface area (Å²) in [6.45, 7) is 2.18. The number of carbonyl (C=O) groups is 1. The van der Waals surface area contributed by atoms with E-state index in [1.54, 1.807) is 0 Å². The van der Waals surface area contributed by atoms with Crippen LogP contribution in [-0.4, -0.2) is 33.5 Å². The Bertz CT molecular complexity index is 238. The highest BCUT2D eigenvalue weighted by Gasteiger charge is 2.13. The zero-order valence-electron chi connectivity index (χ0n) is 11.2. The van der Waals surface area contributed by atoms with Crippen LogP contribution in [0.3, 0.4) is 0 Å². The third kappa shape index (κ3) is 11.6. The van der Waals surface area contributed by atoms with Crippen molar-refractivity contribution in [2.75, 3.05) is 0 Å². The fourth-order valence-corrected chi connectivity index (χ4v) is 1.76. The number of aliphatic hydroxyl groups is 2. The Labute approximate surface area is 109 Å². The second-order valence-electron chi connectivity index (χ2n) is 4.70. The zero-order valence-corrected chi connectivity index (χ0v) is 11.2. The molecule has 0 amide bonds. The van der Waals surface area contributed by atoms with Crippen molar-refractivity contribution in [1.82, 2.24) is 0 Å². The van der Waals surface area contributed by atoms with Gasteiger partial charge in [-0.1, -0.05) is 38.3 Å². The summed E-state index contributed by atoms with van der Waals surface area (Å²) in [5.74, 6) is -1.04. The van der Waals surface area contributed by atoms with Crippen LogP contribution in [0.15, 0.2) is 12.2 Å². The van der Waals surface area contributed by atoms with Crippen LogP contribution in [0.5, 0.6) is 0 Å². The van der Waals surface area contributed by atoms with E-state index < -0.39 is 18.2 Å². The zero-order chi connectivity index (χ0) is 13.8. The van der Waals surface area contributed by atoms with Crippen LogP contribution in [0.4, 0.5) is 0 Å². The van der Waals surface area contributed by atoms with Gasteiger partial charge >= 0.3 is 5.97 Å². The molecule has 4 heteroatoms. The molecule has 0 aromatic rings. The lowest BCUT2D eigenvalue weighted by molar-refractivity contribution is -0.139. The maximum Gasteiger partial charge on any atom is 0.305 e. The van der Waals surface area contributed by atoms with Gasteiger partial charge < -0.3 is 15.3 Å². The summed E-state index contributed by atoms with van der Waals surface area (Å²) < 4.78 is 0. The molecule has 106 valence electrons. The number of allylic oxidation sites excluding steroid dienone is 1. The standard InChI is InChI=1S/C14H26O4/c1-2-3-4-5-6-7-8-9-12(15)10-13(16)11-14(17)18/h7-8,12-13,15-16H,2-6,9-11H2,1H3,(H,17,18). The Kier molecular flexibility index (Phi) is 10.7. The molecule has 0 spiro atoms. The van der Waals surface area contributed by atoms with Crippen LogP contribution in [-0.2, 0) is 4.79 Å². The van der Waals surface area contributed by atoms with Crippen LogP contribution < -0.4 is 0 Å². The summed E-state index contributed by atoms with van der Waals surface area (Å²) in [4.78, 5) is 10.3. The maximum atomic E-state index is 10.3. The smallest absolute Gasteiger partial charge is 0.305 e. The molecule has 0 fully saturated rings. The van der Waals surface area contributed by atoms with E-state index in [-0.39, 0.29) is 12.8 Å². The van der Waals surface area contributed by atoms with Gasteiger partial charge in [0.05, 0.1) is 18.6 Å². The van der Waals surface area contributed by atoms with Crippen molar-refractivity contribution in [2.45, 2.75) is 70.5 Å². The van der Waals surface area contributed by atoms with Crippen LogP contribution >= 0.6 is 0 Å². The predicted molar refractivity (Wildman–Crippen MR) is 71.4 cm³/mol. The number of aliphatic hydroxyl groups excluding tert-OH is 2. The molecular weight excluding hydrogens is 232 g/mol. The Balaban J connectivity index is 3.53. The highest BCUT2D eigenvalue weighted by molar-refractivity contribution is 5.67. The fourth-order valence-electron chi connectivity index (χ4n) is 1.76. The predicted octanol–water partition coefficient (Wildman–Crippen LogP) is 2.49. The van der Waals surface area contributed by atoms with Crippen molar-refractivity contribution in [2.24, 2.45) is 0 Å². The van der Waals surface area contributed by atoms with Gasteiger partial charge in [-0.15, -0.1) is 0 Å². The van der Waals surface area contributed by atoms with Gasteiger partial charge in [-0.25, -0.2) is 0 Å². The van der Waals surface area contributed by atoms with E-state index in [0.29, 0.717) is 6.42 Å². The van der Waals surface area contributed by atoms with Crippen molar-refractivity contribution in [1.29, 1.82) is 0 Å². The lowest BCUT2D eigenvalue weighted by Gasteiger charge is -2.12. The number of hydrogen-bond donors (Lipinski definition) is 3. The Morgan fingerprint density at radius 3 is 2.44 bits per heavy atom. The van der Waals surface area contributed by atoms with Crippen LogP contribution in [0.2, 0.25) is 0 Å². The van der Waals surface area contributed by atoms with Gasteiger partial charge in [-0.2, -0.15) is 0 Å². The summed E-state index contributed by atoms with van der Waals surface area (Å²) in [6.07, 6.45) is 8.53. The lowest BCUT2D eigenvalue weighted by atomic mass is 10.1. The molecule has 2 atom stereocenters. The average Bonchev–Trinajstić information content (AvgIpc) is 2.26. The lowest BCUT2D eigenvalue weighted by Crippen LogP contribution is -2.20. The van der Waals surface area contributed by atoms with Crippen LogP contribution in [0.1, 0.15) is 58.3 Å². The monoisotopic (exact) mass is 258 g/mol. The molecule has 0 saturated carbocycles. The van der Waals surface area contributed by atoms with Crippen molar-refractivity contribution in [3.63, 3.8) is 0 Å². The minimum absolute atomic E-state index is 0.118. The molecule has 0 aliphatic carbocycles. The first-order chi connectivity index (χ1) is 8.56. The molecular formula is C14H26O4. The Morgan fingerprint density at radius 2 is 1.83 bits per heavy atom. The van der Waals surface area contributed by atoms with Gasteiger partial charge in [0.15, 0.2) is 0 Å². The number of rotatable bonds is 11. The molecule has 0 aliphatic heterocycles. The highest BCUT2D eigenvalue weighted by atomic mass is 16.4. The minimum atomic E-state index is -1.04. The number of carboxylic acids is 1. The first-order valence-corrected chi connectivity index (χ1v) is 6.79. The molecule has 0 aliphatic rings. The molecule has 0 rings (SSSR count). The van der Waals surface area contributed by atoms with Crippen LogP contribution in [0.25, 0.3) is 0 Å². The van der Waals surface area contributed by atoms with E-state index in [1.807, 2.05) is 12.2 Å². The molecule has 18 heavy (non-hydrogen) atoms. The molecule has 4 nitrogen and oxygen atoms in total. The number of hydrogen-bond acceptors (Lipinski definition) is 3. The number of carboxylic acid groups (broad SMARTS) is 1. The summed E-state index contributed by atoms with van der Waals surface area (Å²) in [5, 5.41) is 27.4. The first kappa shape index (κ1) is 17.1. The third-order valence-electron chi connectivity index (χ3n) is 2.75. The molecule has 0 aromatic heterocycles. The number of unbranched alkanes of at least 4 members (excludes halogenated alkanes) is 4. The molecule has 3 N–H and O–H groups in total. The first-order valence-electron chi connectivity index (χ1n) is 6.79. The number of aliphatic carboxylic acids is 1. The van der Waals surface area contributed by atoms with Crippen molar-refractivity contribution < 1.29 is 20.1 Å². The highest BCUT2D eigenvalue weighted by Crippen LogP contribution is 2.08. The van der Waals surface area contributed by atoms with E-state index in [9.17, 15) is 15.0 Å². The van der Waals surface area contributed by atoms with Crippen molar-refractivity contribution in [3.8, 4) is 0 Å². The second kappa shape index (κ2) is 11.2. The van der Waals surface area contributed by atoms with Gasteiger partial charge in [0.1, 0.15) is 0 Å². The second-order valence-corrected chi connectivity index (χ2v) is 4.70. The molecule has 0 bridgehead atoms. The minimum Gasteiger partial charge on any atom is -0.481 e. The van der Waals surface area contributed by atoms with Crippen molar-refractivity contribution >= 4 is 5.97 Å². The quantitative estimate of drug-likeness (QED) is 0.393. The van der Waals surface area contributed by atoms with E-state index in [0.717, 1.165) is 6.42 Å². The van der Waals surface area contributed by atoms with Gasteiger partial charge in [0, 0.05) is 6.42 Å². The molecule has 0 heterocycles. The molecule has 0 saturated heterocycles. The van der Waals surface area contributed by atoms with Gasteiger partial charge in [-0.05, 0) is 19.3 Å². The van der Waals surface area contributed by atoms with Gasteiger partial charge in [-0.3, -0.25) is 4.79 Å². The normalized spacial score (nSPS) is 14.8. The third-order valence-corrected chi connectivity index (χ3v) is 2.75. The summed E-state index contributed by atoms with van der Waals surface area (Å²) in [5.41, 5.74) is 0. The summed E-state index contributed by atoms with van der Waals surface area (Å²) >= 11 is 0. The Hall–Kier alpha value is -0.870. The largest absolute Gasteiger partial charge is 0.481 e.